The Morgan fingerprint density at radius 1 is 1.17 bits per heavy atom. The summed E-state index contributed by atoms with van der Waals surface area (Å²) in [6, 6.07) is 3.02. The zero-order valence-corrected chi connectivity index (χ0v) is 12.0. The Morgan fingerprint density at radius 2 is 1.72 bits per heavy atom. The molecule has 0 spiro atoms. The van der Waals surface area contributed by atoms with Crippen molar-refractivity contribution in [3.63, 3.8) is 0 Å². The van der Waals surface area contributed by atoms with Crippen molar-refractivity contribution in [1.29, 1.82) is 0 Å². The van der Waals surface area contributed by atoms with Gasteiger partial charge >= 0.3 is 0 Å². The highest BCUT2D eigenvalue weighted by Crippen LogP contribution is 2.33. The molecule has 0 aromatic heterocycles. The van der Waals surface area contributed by atoms with Crippen LogP contribution in [0.3, 0.4) is 0 Å². The molecular weight excluding hydrogens is 227 g/mol. The Bertz CT molecular complexity index is 364. The summed E-state index contributed by atoms with van der Waals surface area (Å²) in [5.74, 6) is 0.0513. The van der Waals surface area contributed by atoms with Crippen LogP contribution in [0.15, 0.2) is 12.1 Å². The predicted molar refractivity (Wildman–Crippen MR) is 74.1 cm³/mol. The molecule has 0 heterocycles. The molecule has 102 valence electrons. The molecule has 0 fully saturated rings. The molecule has 0 saturated carbocycles. The van der Waals surface area contributed by atoms with Gasteiger partial charge in [0.1, 0.15) is 5.82 Å². The third kappa shape index (κ3) is 3.55. The highest BCUT2D eigenvalue weighted by atomic mass is 19.1. The summed E-state index contributed by atoms with van der Waals surface area (Å²) in [7, 11) is 0. The Balaban J connectivity index is 2.97. The van der Waals surface area contributed by atoms with E-state index in [1.807, 2.05) is 13.8 Å². The monoisotopic (exact) mass is 252 g/mol. The van der Waals surface area contributed by atoms with Crippen LogP contribution in [0.4, 0.5) is 4.39 Å². The van der Waals surface area contributed by atoms with Crippen molar-refractivity contribution in [3.8, 4) is 0 Å². The first-order valence-electron chi connectivity index (χ1n) is 6.95. The smallest absolute Gasteiger partial charge is 0.123 e. The van der Waals surface area contributed by atoms with Gasteiger partial charge in [0.15, 0.2) is 0 Å². The summed E-state index contributed by atoms with van der Waals surface area (Å²) >= 11 is 0. The van der Waals surface area contributed by atoms with E-state index in [9.17, 15) is 9.50 Å². The minimum atomic E-state index is -0.470. The molecule has 1 aromatic carbocycles. The fourth-order valence-electron chi connectivity index (χ4n) is 2.68. The van der Waals surface area contributed by atoms with E-state index in [0.29, 0.717) is 0 Å². The largest absolute Gasteiger partial charge is 0.388 e. The molecule has 1 rings (SSSR count). The van der Waals surface area contributed by atoms with E-state index in [-0.39, 0.29) is 11.7 Å². The standard InChI is InChI=1S/C16H25FO/c1-5-7-8-13(6-2)16(18)15-11(3)9-14(17)10-12(15)4/h9-10,13,16,18H,5-8H2,1-4H3. The van der Waals surface area contributed by atoms with E-state index in [0.717, 1.165) is 42.4 Å². The van der Waals surface area contributed by atoms with Gasteiger partial charge in [0, 0.05) is 0 Å². The van der Waals surface area contributed by atoms with Crippen LogP contribution in [0.2, 0.25) is 0 Å². The molecule has 0 saturated heterocycles. The summed E-state index contributed by atoms with van der Waals surface area (Å²) in [5, 5.41) is 10.5. The molecule has 1 nitrogen and oxygen atoms in total. The van der Waals surface area contributed by atoms with Gasteiger partial charge in [-0.1, -0.05) is 33.1 Å². The normalized spacial score (nSPS) is 14.6. The van der Waals surface area contributed by atoms with Gasteiger partial charge in [-0.25, -0.2) is 4.39 Å². The highest BCUT2D eigenvalue weighted by Gasteiger charge is 2.22. The summed E-state index contributed by atoms with van der Waals surface area (Å²) in [4.78, 5) is 0. The zero-order chi connectivity index (χ0) is 13.7. The minimum absolute atomic E-state index is 0.220. The van der Waals surface area contributed by atoms with Crippen molar-refractivity contribution in [2.75, 3.05) is 0 Å². The number of aliphatic hydroxyl groups is 1. The maximum Gasteiger partial charge on any atom is 0.123 e. The van der Waals surface area contributed by atoms with Gasteiger partial charge in [-0.15, -0.1) is 0 Å². The molecule has 0 amide bonds. The predicted octanol–water partition coefficient (Wildman–Crippen LogP) is 4.69. The highest BCUT2D eigenvalue weighted by molar-refractivity contribution is 5.36. The Kier molecular flexibility index (Phi) is 5.80. The van der Waals surface area contributed by atoms with Gasteiger partial charge in [-0.05, 0) is 55.0 Å². The van der Waals surface area contributed by atoms with E-state index in [1.165, 1.54) is 12.1 Å². The van der Waals surface area contributed by atoms with Crippen molar-refractivity contribution in [3.05, 3.63) is 34.6 Å². The number of hydrogen-bond acceptors (Lipinski definition) is 1. The minimum Gasteiger partial charge on any atom is -0.388 e. The maximum atomic E-state index is 13.3. The van der Waals surface area contributed by atoms with Crippen LogP contribution in [-0.2, 0) is 0 Å². The summed E-state index contributed by atoms with van der Waals surface area (Å²) in [6.07, 6.45) is 3.79. The number of benzene rings is 1. The van der Waals surface area contributed by atoms with Gasteiger partial charge in [0.2, 0.25) is 0 Å². The number of hydrogen-bond donors (Lipinski definition) is 1. The number of rotatable bonds is 6. The Hall–Kier alpha value is -0.890. The topological polar surface area (TPSA) is 20.2 Å². The lowest BCUT2D eigenvalue weighted by Crippen LogP contribution is -2.14. The Morgan fingerprint density at radius 3 is 2.17 bits per heavy atom. The summed E-state index contributed by atoms with van der Waals surface area (Å²) in [5.41, 5.74) is 2.63. The molecule has 0 aliphatic rings. The fraction of sp³-hybridized carbons (Fsp3) is 0.625. The van der Waals surface area contributed by atoms with Crippen molar-refractivity contribution in [2.24, 2.45) is 5.92 Å². The molecule has 0 aliphatic heterocycles. The first-order valence-corrected chi connectivity index (χ1v) is 6.95. The second-order valence-corrected chi connectivity index (χ2v) is 5.21. The first kappa shape index (κ1) is 15.2. The van der Waals surface area contributed by atoms with Gasteiger partial charge in [0.05, 0.1) is 6.10 Å². The first-order chi connectivity index (χ1) is 8.51. The average molecular weight is 252 g/mol. The van der Waals surface area contributed by atoms with Gasteiger partial charge in [-0.2, -0.15) is 0 Å². The van der Waals surface area contributed by atoms with Crippen molar-refractivity contribution in [2.45, 2.75) is 59.5 Å². The SMILES string of the molecule is CCCCC(CC)C(O)c1c(C)cc(F)cc1C. The van der Waals surface area contributed by atoms with Crippen LogP contribution >= 0.6 is 0 Å². The van der Waals surface area contributed by atoms with E-state index in [4.69, 9.17) is 0 Å². The molecule has 1 N–H and O–H groups in total. The molecule has 18 heavy (non-hydrogen) atoms. The quantitative estimate of drug-likeness (QED) is 0.778. The van der Waals surface area contributed by atoms with Crippen LogP contribution in [0, 0.1) is 25.6 Å². The lowest BCUT2D eigenvalue weighted by molar-refractivity contribution is 0.0977. The third-order valence-corrected chi connectivity index (χ3v) is 3.75. The average Bonchev–Trinajstić information content (AvgIpc) is 2.28. The van der Waals surface area contributed by atoms with Crippen LogP contribution in [-0.4, -0.2) is 5.11 Å². The number of unbranched alkanes of at least 4 members (excludes halogenated alkanes) is 1. The Labute approximate surface area is 110 Å². The molecule has 0 bridgehead atoms. The van der Waals surface area contributed by atoms with Crippen molar-refractivity contribution in [1.82, 2.24) is 0 Å². The van der Waals surface area contributed by atoms with E-state index in [1.54, 1.807) is 0 Å². The van der Waals surface area contributed by atoms with Crippen LogP contribution in [0.1, 0.15) is 62.3 Å². The fourth-order valence-corrected chi connectivity index (χ4v) is 2.68. The molecule has 0 radical (unpaired) electrons. The molecule has 1 aromatic rings. The van der Waals surface area contributed by atoms with Crippen molar-refractivity contribution < 1.29 is 9.50 Å². The van der Waals surface area contributed by atoms with E-state index in [2.05, 4.69) is 13.8 Å². The van der Waals surface area contributed by atoms with E-state index < -0.39 is 6.10 Å². The van der Waals surface area contributed by atoms with Crippen LogP contribution in [0.5, 0.6) is 0 Å². The van der Waals surface area contributed by atoms with E-state index >= 15 is 0 Å². The zero-order valence-electron chi connectivity index (χ0n) is 12.0. The van der Waals surface area contributed by atoms with Crippen molar-refractivity contribution >= 4 is 0 Å². The third-order valence-electron chi connectivity index (χ3n) is 3.75. The molecule has 2 atom stereocenters. The van der Waals surface area contributed by atoms with Crippen LogP contribution < -0.4 is 0 Å². The van der Waals surface area contributed by atoms with Crippen LogP contribution in [0.25, 0.3) is 0 Å². The molecule has 2 unspecified atom stereocenters. The maximum absolute atomic E-state index is 13.3. The number of halogens is 1. The summed E-state index contributed by atoms with van der Waals surface area (Å²) in [6.45, 7) is 8.02. The van der Waals surface area contributed by atoms with Gasteiger partial charge in [-0.3, -0.25) is 0 Å². The second-order valence-electron chi connectivity index (χ2n) is 5.21. The lowest BCUT2D eigenvalue weighted by atomic mass is 9.85. The molecule has 0 aliphatic carbocycles. The summed E-state index contributed by atoms with van der Waals surface area (Å²) < 4.78 is 13.3. The second kappa shape index (κ2) is 6.89. The molecular formula is C16H25FO. The lowest BCUT2D eigenvalue weighted by Gasteiger charge is -2.25. The molecule has 2 heteroatoms. The van der Waals surface area contributed by atoms with Gasteiger partial charge < -0.3 is 5.11 Å². The number of aliphatic hydroxyl groups excluding tert-OH is 1. The number of aryl methyl sites for hydroxylation is 2. The van der Waals surface area contributed by atoms with Gasteiger partial charge in [0.25, 0.3) is 0 Å².